The first kappa shape index (κ1) is 10.7. The average molecular weight is 205 g/mol. The minimum Gasteiger partial charge on any atom is -0.143 e. The highest BCUT2D eigenvalue weighted by atomic mass is 32.1. The third-order valence-electron chi connectivity index (χ3n) is 1.69. The summed E-state index contributed by atoms with van der Waals surface area (Å²) in [5, 5.41) is 3.44. The molecule has 0 amide bonds. The van der Waals surface area contributed by atoms with E-state index in [1.54, 1.807) is 0 Å². The van der Waals surface area contributed by atoms with Crippen LogP contribution >= 0.6 is 12.6 Å². The summed E-state index contributed by atoms with van der Waals surface area (Å²) in [7, 11) is 0. The van der Waals surface area contributed by atoms with Crippen molar-refractivity contribution in [2.45, 2.75) is 11.3 Å². The van der Waals surface area contributed by atoms with Crippen LogP contribution in [0, 0.1) is 0 Å². The Morgan fingerprint density at radius 3 is 2.93 bits per heavy atom. The number of hydrogen-bond donors (Lipinski definition) is 1. The van der Waals surface area contributed by atoms with Crippen molar-refractivity contribution in [3.8, 4) is 0 Å². The number of hydrogen-bond acceptors (Lipinski definition) is 2. The summed E-state index contributed by atoms with van der Waals surface area (Å²) in [4.78, 5) is 3.63. The lowest BCUT2D eigenvalue weighted by atomic mass is 10.2. The van der Waals surface area contributed by atoms with Crippen LogP contribution in [0.5, 0.6) is 0 Å². The highest BCUT2D eigenvalue weighted by Crippen LogP contribution is 2.14. The number of thiol groups is 1. The number of nitrogens with zero attached hydrogens (tertiary/aromatic N) is 3. The molecule has 0 aromatic heterocycles. The Kier molecular flexibility index (Phi) is 4.69. The molecule has 0 aliphatic carbocycles. The predicted molar refractivity (Wildman–Crippen MR) is 61.4 cm³/mol. The molecule has 14 heavy (non-hydrogen) atoms. The molecule has 0 aliphatic heterocycles. The van der Waals surface area contributed by atoms with Crippen LogP contribution in [0.2, 0.25) is 0 Å². The molecule has 4 heteroatoms. The molecule has 0 N–H and O–H groups in total. The quantitative estimate of drug-likeness (QED) is 0.256. The fourth-order valence-corrected chi connectivity index (χ4v) is 1.25. The summed E-state index contributed by atoms with van der Waals surface area (Å²) < 4.78 is 0. The molecule has 0 aliphatic rings. The van der Waals surface area contributed by atoms with Gasteiger partial charge in [-0.25, -0.2) is 0 Å². The van der Waals surface area contributed by atoms with Crippen molar-refractivity contribution in [2.75, 3.05) is 6.54 Å². The zero-order valence-corrected chi connectivity index (χ0v) is 8.56. The maximum absolute atomic E-state index is 8.05. The SMILES string of the molecule is [N-]=[N+]=NCCC=Cc1ccccc1S. The summed E-state index contributed by atoms with van der Waals surface area (Å²) in [5.74, 6) is 0. The lowest BCUT2D eigenvalue weighted by molar-refractivity contribution is 0.995. The van der Waals surface area contributed by atoms with Crippen LogP contribution in [0.15, 0.2) is 40.4 Å². The first-order valence-corrected chi connectivity index (χ1v) is 4.74. The van der Waals surface area contributed by atoms with Crippen LogP contribution in [0.25, 0.3) is 16.5 Å². The van der Waals surface area contributed by atoms with E-state index in [4.69, 9.17) is 5.53 Å². The van der Waals surface area contributed by atoms with Gasteiger partial charge in [0.2, 0.25) is 0 Å². The zero-order valence-electron chi connectivity index (χ0n) is 7.67. The molecular formula is C10H11N3S. The van der Waals surface area contributed by atoms with Gasteiger partial charge in [-0.15, -0.1) is 12.6 Å². The first-order chi connectivity index (χ1) is 6.84. The molecule has 0 heterocycles. The van der Waals surface area contributed by atoms with Gasteiger partial charge in [0.05, 0.1) is 0 Å². The van der Waals surface area contributed by atoms with E-state index in [9.17, 15) is 0 Å². The van der Waals surface area contributed by atoms with Gasteiger partial charge in [-0.2, -0.15) is 0 Å². The summed E-state index contributed by atoms with van der Waals surface area (Å²) >= 11 is 4.31. The van der Waals surface area contributed by atoms with Crippen LogP contribution in [-0.2, 0) is 0 Å². The Hall–Kier alpha value is -1.38. The molecule has 0 unspecified atom stereocenters. The second-order valence-corrected chi connectivity index (χ2v) is 3.19. The number of rotatable bonds is 4. The third kappa shape index (κ3) is 3.56. The Morgan fingerprint density at radius 2 is 2.21 bits per heavy atom. The highest BCUT2D eigenvalue weighted by molar-refractivity contribution is 7.80. The van der Waals surface area contributed by atoms with E-state index in [0.29, 0.717) is 6.54 Å². The fourth-order valence-electron chi connectivity index (χ4n) is 1.02. The van der Waals surface area contributed by atoms with E-state index in [1.165, 1.54) is 0 Å². The van der Waals surface area contributed by atoms with Crippen molar-refractivity contribution in [3.63, 3.8) is 0 Å². The van der Waals surface area contributed by atoms with E-state index >= 15 is 0 Å². The van der Waals surface area contributed by atoms with Crippen LogP contribution in [-0.4, -0.2) is 6.54 Å². The number of azide groups is 1. The van der Waals surface area contributed by atoms with Gasteiger partial charge < -0.3 is 0 Å². The van der Waals surface area contributed by atoms with E-state index < -0.39 is 0 Å². The molecule has 1 aromatic carbocycles. The van der Waals surface area contributed by atoms with E-state index in [1.807, 2.05) is 36.4 Å². The summed E-state index contributed by atoms with van der Waals surface area (Å²) in [6, 6.07) is 7.84. The molecule has 1 aromatic rings. The third-order valence-corrected chi connectivity index (χ3v) is 2.10. The van der Waals surface area contributed by atoms with Gasteiger partial charge in [0.1, 0.15) is 0 Å². The number of benzene rings is 1. The van der Waals surface area contributed by atoms with Crippen LogP contribution in [0.4, 0.5) is 0 Å². The standard InChI is InChI=1S/C10H11N3S/c11-13-12-8-4-3-6-9-5-1-2-7-10(9)14/h1-3,5-7,14H,4,8H2. The van der Waals surface area contributed by atoms with Crippen molar-refractivity contribution >= 4 is 18.7 Å². The molecule has 0 radical (unpaired) electrons. The molecule has 0 atom stereocenters. The molecule has 0 saturated heterocycles. The Bertz CT molecular complexity index is 367. The molecule has 0 spiro atoms. The maximum atomic E-state index is 8.05. The molecule has 3 nitrogen and oxygen atoms in total. The molecule has 72 valence electrons. The minimum absolute atomic E-state index is 0.502. The monoisotopic (exact) mass is 205 g/mol. The van der Waals surface area contributed by atoms with Gasteiger partial charge in [-0.05, 0) is 23.6 Å². The van der Waals surface area contributed by atoms with Crippen molar-refractivity contribution in [1.29, 1.82) is 0 Å². The highest BCUT2D eigenvalue weighted by Gasteiger charge is 1.90. The van der Waals surface area contributed by atoms with Gasteiger partial charge in [-0.3, -0.25) is 0 Å². The largest absolute Gasteiger partial charge is 0.143 e. The molecule has 0 saturated carbocycles. The van der Waals surface area contributed by atoms with Crippen LogP contribution < -0.4 is 0 Å². The first-order valence-electron chi connectivity index (χ1n) is 4.30. The topological polar surface area (TPSA) is 48.8 Å². The fraction of sp³-hybridized carbons (Fsp3) is 0.200. The second kappa shape index (κ2) is 6.13. The maximum Gasteiger partial charge on any atom is 0.0292 e. The summed E-state index contributed by atoms with van der Waals surface area (Å²) in [5.41, 5.74) is 9.13. The molecular weight excluding hydrogens is 194 g/mol. The average Bonchev–Trinajstić information content (AvgIpc) is 2.20. The van der Waals surface area contributed by atoms with E-state index in [-0.39, 0.29) is 0 Å². The molecule has 1 rings (SSSR count). The second-order valence-electron chi connectivity index (χ2n) is 2.70. The zero-order chi connectivity index (χ0) is 10.2. The van der Waals surface area contributed by atoms with Crippen LogP contribution in [0.1, 0.15) is 12.0 Å². The van der Waals surface area contributed by atoms with Gasteiger partial charge in [-0.1, -0.05) is 35.5 Å². The smallest absolute Gasteiger partial charge is 0.0292 e. The van der Waals surface area contributed by atoms with E-state index in [2.05, 4.69) is 22.7 Å². The summed E-state index contributed by atoms with van der Waals surface area (Å²) in [6.07, 6.45) is 4.71. The van der Waals surface area contributed by atoms with Gasteiger partial charge >= 0.3 is 0 Å². The normalized spacial score (nSPS) is 10.1. The van der Waals surface area contributed by atoms with Crippen molar-refractivity contribution < 1.29 is 0 Å². The van der Waals surface area contributed by atoms with Crippen molar-refractivity contribution in [1.82, 2.24) is 0 Å². The lowest BCUT2D eigenvalue weighted by Gasteiger charge is -1.96. The van der Waals surface area contributed by atoms with Gasteiger partial charge in [0.25, 0.3) is 0 Å². The molecule has 0 bridgehead atoms. The van der Waals surface area contributed by atoms with Gasteiger partial charge in [0, 0.05) is 16.4 Å². The predicted octanol–water partition coefficient (Wildman–Crippen LogP) is 3.69. The Morgan fingerprint density at radius 1 is 1.43 bits per heavy atom. The summed E-state index contributed by atoms with van der Waals surface area (Å²) in [6.45, 7) is 0.502. The van der Waals surface area contributed by atoms with Crippen molar-refractivity contribution in [2.24, 2.45) is 5.11 Å². The van der Waals surface area contributed by atoms with Crippen LogP contribution in [0.3, 0.4) is 0 Å². The Balaban J connectivity index is 2.51. The lowest BCUT2D eigenvalue weighted by Crippen LogP contribution is -1.76. The Labute approximate surface area is 88.5 Å². The van der Waals surface area contributed by atoms with Crippen molar-refractivity contribution in [3.05, 3.63) is 46.3 Å². The van der Waals surface area contributed by atoms with Gasteiger partial charge in [0.15, 0.2) is 0 Å². The molecule has 0 fully saturated rings. The minimum atomic E-state index is 0.502. The van der Waals surface area contributed by atoms with E-state index in [0.717, 1.165) is 16.9 Å².